The van der Waals surface area contributed by atoms with Crippen molar-refractivity contribution >= 4 is 39.2 Å². The number of aryl methyl sites for hydroxylation is 2. The number of anilines is 1. The Labute approximate surface area is 152 Å². The van der Waals surface area contributed by atoms with Crippen molar-refractivity contribution in [3.8, 4) is 0 Å². The van der Waals surface area contributed by atoms with E-state index in [9.17, 15) is 18.0 Å². The molecule has 0 saturated carbocycles. The Balaban J connectivity index is 1.81. The predicted octanol–water partition coefficient (Wildman–Crippen LogP) is 2.09. The maximum atomic E-state index is 12.2. The topological polar surface area (TPSA) is 89.5 Å². The van der Waals surface area contributed by atoms with Gasteiger partial charge in [0.15, 0.2) is 15.9 Å². The van der Waals surface area contributed by atoms with Crippen molar-refractivity contribution in [2.75, 3.05) is 22.6 Å². The minimum atomic E-state index is -2.96. The lowest BCUT2D eigenvalue weighted by Gasteiger charge is -2.16. The Morgan fingerprint density at radius 1 is 1.32 bits per heavy atom. The van der Waals surface area contributed by atoms with Gasteiger partial charge in [0.05, 0.1) is 17.3 Å². The lowest BCUT2D eigenvalue weighted by molar-refractivity contribution is -0.150. The molecule has 1 aromatic rings. The highest BCUT2D eigenvalue weighted by atomic mass is 32.2. The van der Waals surface area contributed by atoms with Crippen molar-refractivity contribution < 1.29 is 22.7 Å². The van der Waals surface area contributed by atoms with Crippen LogP contribution >= 0.6 is 11.8 Å². The van der Waals surface area contributed by atoms with Gasteiger partial charge in [-0.25, -0.2) is 8.42 Å². The smallest absolute Gasteiger partial charge is 0.316 e. The number of sulfone groups is 1. The second-order valence-electron chi connectivity index (χ2n) is 6.22. The lowest BCUT2D eigenvalue weighted by atomic mass is 10.1. The number of carbonyl (C=O) groups excluding carboxylic acids is 2. The zero-order valence-corrected chi connectivity index (χ0v) is 16.2. The van der Waals surface area contributed by atoms with Crippen LogP contribution in [0.15, 0.2) is 18.2 Å². The Kier molecular flexibility index (Phi) is 6.51. The Morgan fingerprint density at radius 2 is 1.96 bits per heavy atom. The van der Waals surface area contributed by atoms with E-state index in [-0.39, 0.29) is 28.4 Å². The molecular formula is C17H23NO5S2. The monoisotopic (exact) mass is 385 g/mol. The number of thioether (sulfide) groups is 1. The van der Waals surface area contributed by atoms with E-state index in [4.69, 9.17) is 4.74 Å². The first-order valence-corrected chi connectivity index (χ1v) is 10.9. The molecule has 1 saturated heterocycles. The lowest BCUT2D eigenvalue weighted by Crippen LogP contribution is -2.31. The van der Waals surface area contributed by atoms with Crippen LogP contribution in [-0.2, 0) is 24.2 Å². The Bertz CT molecular complexity index is 740. The second kappa shape index (κ2) is 8.23. The minimum Gasteiger partial charge on any atom is -0.452 e. The van der Waals surface area contributed by atoms with E-state index in [1.807, 2.05) is 32.0 Å². The highest BCUT2D eigenvalue weighted by Gasteiger charge is 2.29. The molecule has 0 bridgehead atoms. The molecule has 8 heteroatoms. The highest BCUT2D eigenvalue weighted by Crippen LogP contribution is 2.24. The predicted molar refractivity (Wildman–Crippen MR) is 99.6 cm³/mol. The van der Waals surface area contributed by atoms with Crippen LogP contribution in [0.4, 0.5) is 5.69 Å². The van der Waals surface area contributed by atoms with Gasteiger partial charge < -0.3 is 10.1 Å². The number of benzene rings is 1. The fourth-order valence-electron chi connectivity index (χ4n) is 2.60. The Hall–Kier alpha value is -1.54. The number of carbonyl (C=O) groups is 2. The quantitative estimate of drug-likeness (QED) is 0.754. The maximum absolute atomic E-state index is 12.2. The third-order valence-corrected chi connectivity index (χ3v) is 7.29. The van der Waals surface area contributed by atoms with Crippen molar-refractivity contribution in [1.29, 1.82) is 0 Å². The standard InChI is InChI=1S/C17H23NO5S2/c1-11-5-4-6-12(2)16(11)18-17(20)13(3)23-15(19)9-24-14-7-8-25(21,22)10-14/h4-6,13-14H,7-10H2,1-3H3,(H,18,20)/t13-,14+/m1/s1. The molecule has 138 valence electrons. The number of ether oxygens (including phenoxy) is 1. The van der Waals surface area contributed by atoms with Crippen LogP contribution in [0, 0.1) is 13.8 Å². The summed E-state index contributed by atoms with van der Waals surface area (Å²) in [5.41, 5.74) is 2.59. The van der Waals surface area contributed by atoms with E-state index < -0.39 is 21.9 Å². The maximum Gasteiger partial charge on any atom is 0.316 e. The number of hydrogen-bond acceptors (Lipinski definition) is 6. The summed E-state index contributed by atoms with van der Waals surface area (Å²) in [6.45, 7) is 5.31. The van der Waals surface area contributed by atoms with Gasteiger partial charge in [0, 0.05) is 10.9 Å². The first kappa shape index (κ1) is 19.8. The van der Waals surface area contributed by atoms with Gasteiger partial charge in [0.25, 0.3) is 5.91 Å². The molecule has 1 aliphatic rings. The van der Waals surface area contributed by atoms with Crippen LogP contribution in [0.25, 0.3) is 0 Å². The van der Waals surface area contributed by atoms with Gasteiger partial charge in [-0.1, -0.05) is 18.2 Å². The zero-order valence-electron chi connectivity index (χ0n) is 14.6. The zero-order chi connectivity index (χ0) is 18.6. The number of hydrogen-bond donors (Lipinski definition) is 1. The van der Waals surface area contributed by atoms with Crippen molar-refractivity contribution in [3.05, 3.63) is 29.3 Å². The molecule has 0 unspecified atom stereocenters. The van der Waals surface area contributed by atoms with Gasteiger partial charge >= 0.3 is 5.97 Å². The summed E-state index contributed by atoms with van der Waals surface area (Å²) in [5, 5.41) is 2.72. The van der Waals surface area contributed by atoms with E-state index in [1.165, 1.54) is 18.7 Å². The minimum absolute atomic E-state index is 0.0429. The molecule has 1 amide bonds. The van der Waals surface area contributed by atoms with E-state index in [1.54, 1.807) is 0 Å². The molecule has 1 N–H and O–H groups in total. The normalized spacial score (nSPS) is 20.0. The van der Waals surface area contributed by atoms with Crippen molar-refractivity contribution in [3.63, 3.8) is 0 Å². The summed E-state index contributed by atoms with van der Waals surface area (Å²) in [7, 11) is -2.96. The molecule has 1 fully saturated rings. The van der Waals surface area contributed by atoms with Crippen molar-refractivity contribution in [2.24, 2.45) is 0 Å². The molecule has 2 atom stereocenters. The molecular weight excluding hydrogens is 362 g/mol. The van der Waals surface area contributed by atoms with Gasteiger partial charge in [-0.3, -0.25) is 9.59 Å². The molecule has 6 nitrogen and oxygen atoms in total. The van der Waals surface area contributed by atoms with Crippen molar-refractivity contribution in [2.45, 2.75) is 38.5 Å². The molecule has 0 aromatic heterocycles. The average molecular weight is 386 g/mol. The van der Waals surface area contributed by atoms with Gasteiger partial charge in [0.2, 0.25) is 0 Å². The molecule has 0 radical (unpaired) electrons. The summed E-state index contributed by atoms with van der Waals surface area (Å²) >= 11 is 1.27. The summed E-state index contributed by atoms with van der Waals surface area (Å²) in [4.78, 5) is 24.1. The second-order valence-corrected chi connectivity index (χ2v) is 9.74. The van der Waals surface area contributed by atoms with E-state index in [0.717, 1.165) is 16.8 Å². The first-order valence-electron chi connectivity index (χ1n) is 8.06. The van der Waals surface area contributed by atoms with Gasteiger partial charge in [-0.05, 0) is 38.3 Å². The molecule has 1 aromatic carbocycles. The molecule has 2 rings (SSSR count). The first-order chi connectivity index (χ1) is 11.7. The van der Waals surface area contributed by atoms with Crippen LogP contribution in [0.1, 0.15) is 24.5 Å². The van der Waals surface area contributed by atoms with E-state index in [0.29, 0.717) is 6.42 Å². The average Bonchev–Trinajstić information content (AvgIpc) is 2.88. The number of esters is 1. The fraction of sp³-hybridized carbons (Fsp3) is 0.529. The SMILES string of the molecule is Cc1cccc(C)c1NC(=O)[C@@H](C)OC(=O)CS[C@H]1CCS(=O)(=O)C1. The molecule has 0 aliphatic carbocycles. The number of nitrogens with one attached hydrogen (secondary N) is 1. The van der Waals surface area contributed by atoms with Gasteiger partial charge in [0.1, 0.15) is 0 Å². The van der Waals surface area contributed by atoms with Crippen LogP contribution in [0.5, 0.6) is 0 Å². The van der Waals surface area contributed by atoms with Crippen LogP contribution < -0.4 is 5.32 Å². The summed E-state index contributed by atoms with van der Waals surface area (Å²) < 4.78 is 28.0. The van der Waals surface area contributed by atoms with Crippen LogP contribution in [0.2, 0.25) is 0 Å². The molecule has 1 aliphatic heterocycles. The number of para-hydroxylation sites is 1. The molecule has 0 spiro atoms. The van der Waals surface area contributed by atoms with E-state index in [2.05, 4.69) is 5.32 Å². The van der Waals surface area contributed by atoms with Gasteiger partial charge in [-0.2, -0.15) is 0 Å². The number of amides is 1. The molecule has 1 heterocycles. The largest absolute Gasteiger partial charge is 0.452 e. The summed E-state index contributed by atoms with van der Waals surface area (Å²) in [5.74, 6) is -0.582. The number of rotatable bonds is 6. The summed E-state index contributed by atoms with van der Waals surface area (Å²) in [6.07, 6.45) is -0.359. The molecule has 25 heavy (non-hydrogen) atoms. The van der Waals surface area contributed by atoms with E-state index >= 15 is 0 Å². The Morgan fingerprint density at radius 3 is 2.52 bits per heavy atom. The fourth-order valence-corrected chi connectivity index (χ4v) is 6.02. The van der Waals surface area contributed by atoms with Crippen LogP contribution in [-0.4, -0.2) is 48.9 Å². The third-order valence-electron chi connectivity index (χ3n) is 4.03. The third kappa shape index (κ3) is 5.74. The van der Waals surface area contributed by atoms with Crippen LogP contribution in [0.3, 0.4) is 0 Å². The van der Waals surface area contributed by atoms with Gasteiger partial charge in [-0.15, -0.1) is 11.8 Å². The summed E-state index contributed by atoms with van der Waals surface area (Å²) in [6, 6.07) is 5.70. The van der Waals surface area contributed by atoms with Crippen molar-refractivity contribution in [1.82, 2.24) is 0 Å². The highest BCUT2D eigenvalue weighted by molar-refractivity contribution is 8.02.